The molecule has 0 aliphatic carbocycles. The number of anilines is 2. The third-order valence-corrected chi connectivity index (χ3v) is 3.99. The van der Waals surface area contributed by atoms with E-state index >= 15 is 0 Å². The van der Waals surface area contributed by atoms with E-state index in [2.05, 4.69) is 10.3 Å². The number of carbonyl (C=O) groups is 1. The normalized spacial score (nSPS) is 11.9. The average Bonchev–Trinajstić information content (AvgIpc) is 2.76. The van der Waals surface area contributed by atoms with E-state index in [-0.39, 0.29) is 11.7 Å². The molecule has 5 N–H and O–H groups in total. The fraction of sp³-hybridized carbons (Fsp3) is 0.231. The quantitative estimate of drug-likeness (QED) is 0.782. The van der Waals surface area contributed by atoms with E-state index in [9.17, 15) is 4.79 Å². The van der Waals surface area contributed by atoms with Crippen molar-refractivity contribution in [2.24, 2.45) is 5.73 Å². The van der Waals surface area contributed by atoms with Gasteiger partial charge in [0.1, 0.15) is 15.6 Å². The van der Waals surface area contributed by atoms with Gasteiger partial charge in [-0.2, -0.15) is 0 Å². The van der Waals surface area contributed by atoms with Crippen LogP contribution in [-0.4, -0.2) is 18.0 Å². The van der Waals surface area contributed by atoms with Crippen LogP contribution in [0.5, 0.6) is 5.75 Å². The molecule has 1 unspecified atom stereocenters. The average molecular weight is 292 g/mol. The van der Waals surface area contributed by atoms with Crippen molar-refractivity contribution in [1.29, 1.82) is 0 Å². The number of hydrogen-bond acceptors (Lipinski definition) is 6. The highest BCUT2D eigenvalue weighted by Crippen LogP contribution is 2.43. The minimum absolute atomic E-state index is 0.00336. The van der Waals surface area contributed by atoms with Crippen molar-refractivity contribution in [2.75, 3.05) is 18.2 Å². The zero-order valence-electron chi connectivity index (χ0n) is 11.2. The molecule has 1 amide bonds. The summed E-state index contributed by atoms with van der Waals surface area (Å²) in [7, 11) is 1.50. The highest BCUT2D eigenvalue weighted by Gasteiger charge is 2.21. The molecule has 0 aliphatic heterocycles. The number of ether oxygens (including phenoxy) is 1. The summed E-state index contributed by atoms with van der Waals surface area (Å²) >= 11 is 1.19. The second-order valence-corrected chi connectivity index (χ2v) is 5.24. The molecular weight excluding hydrogens is 276 g/mol. The van der Waals surface area contributed by atoms with Gasteiger partial charge in [-0.05, 0) is 18.6 Å². The van der Waals surface area contributed by atoms with Crippen LogP contribution in [0.2, 0.25) is 0 Å². The van der Waals surface area contributed by atoms with Crippen LogP contribution in [0.4, 0.5) is 10.7 Å². The summed E-state index contributed by atoms with van der Waals surface area (Å²) in [5, 5.41) is 3.94. The highest BCUT2D eigenvalue weighted by molar-refractivity contribution is 7.19. The summed E-state index contributed by atoms with van der Waals surface area (Å²) < 4.78 is 5.24. The summed E-state index contributed by atoms with van der Waals surface area (Å²) in [5.74, 6) is -0.118. The molecule has 106 valence electrons. The van der Waals surface area contributed by atoms with Crippen molar-refractivity contribution in [3.63, 3.8) is 0 Å². The minimum atomic E-state index is -0.562. The van der Waals surface area contributed by atoms with Crippen molar-refractivity contribution in [3.8, 4) is 5.75 Å². The molecule has 7 heteroatoms. The van der Waals surface area contributed by atoms with Gasteiger partial charge in [-0.3, -0.25) is 9.78 Å². The molecular formula is C13H16N4O2S. The number of pyridine rings is 1. The number of aromatic nitrogens is 1. The smallest absolute Gasteiger partial charge is 0.261 e. The number of carbonyl (C=O) groups excluding carboxylic acids is 1. The number of amides is 1. The zero-order valence-corrected chi connectivity index (χ0v) is 12.0. The summed E-state index contributed by atoms with van der Waals surface area (Å²) in [5.41, 5.74) is 12.4. The van der Waals surface area contributed by atoms with Crippen LogP contribution < -0.4 is 21.5 Å². The number of nitrogen functional groups attached to an aromatic ring is 1. The van der Waals surface area contributed by atoms with Crippen molar-refractivity contribution in [1.82, 2.24) is 4.98 Å². The third-order valence-electron chi connectivity index (χ3n) is 2.86. The van der Waals surface area contributed by atoms with Crippen LogP contribution in [-0.2, 0) is 0 Å². The Morgan fingerprint density at radius 3 is 2.85 bits per heavy atom. The molecule has 2 rings (SSSR count). The molecule has 0 saturated carbocycles. The van der Waals surface area contributed by atoms with Crippen molar-refractivity contribution in [3.05, 3.63) is 35.0 Å². The lowest BCUT2D eigenvalue weighted by molar-refractivity contribution is 0.100. The number of nitrogens with two attached hydrogens (primary N) is 2. The number of primary amides is 1. The Morgan fingerprint density at radius 2 is 2.30 bits per heavy atom. The summed E-state index contributed by atoms with van der Waals surface area (Å²) in [6, 6.07) is 3.82. The van der Waals surface area contributed by atoms with Crippen molar-refractivity contribution >= 4 is 27.9 Å². The molecule has 0 radical (unpaired) electrons. The first kappa shape index (κ1) is 14.1. The first-order valence-electron chi connectivity index (χ1n) is 5.97. The first-order valence-corrected chi connectivity index (χ1v) is 6.78. The van der Waals surface area contributed by atoms with Gasteiger partial charge in [0.2, 0.25) is 0 Å². The molecule has 0 bridgehead atoms. The van der Waals surface area contributed by atoms with E-state index in [1.165, 1.54) is 18.4 Å². The van der Waals surface area contributed by atoms with Crippen molar-refractivity contribution in [2.45, 2.75) is 13.0 Å². The lowest BCUT2D eigenvalue weighted by atomic mass is 10.1. The Kier molecular flexibility index (Phi) is 4.09. The van der Waals surface area contributed by atoms with Gasteiger partial charge >= 0.3 is 0 Å². The van der Waals surface area contributed by atoms with Gasteiger partial charge in [-0.15, -0.1) is 11.3 Å². The van der Waals surface area contributed by atoms with E-state index in [0.29, 0.717) is 15.6 Å². The number of nitrogens with zero attached hydrogens (tertiary/aromatic N) is 1. The summed E-state index contributed by atoms with van der Waals surface area (Å²) in [4.78, 5) is 15.7. The van der Waals surface area contributed by atoms with Crippen LogP contribution in [0.15, 0.2) is 24.5 Å². The molecule has 0 aromatic carbocycles. The van der Waals surface area contributed by atoms with E-state index in [1.54, 1.807) is 12.4 Å². The predicted octanol–water partition coefficient (Wildman–Crippen LogP) is 2.01. The number of nitrogens with one attached hydrogen (secondary N) is 1. The topological polar surface area (TPSA) is 103 Å². The van der Waals surface area contributed by atoms with Crippen LogP contribution in [0, 0.1) is 0 Å². The highest BCUT2D eigenvalue weighted by atomic mass is 32.1. The number of rotatable bonds is 5. The van der Waals surface area contributed by atoms with E-state index in [4.69, 9.17) is 16.2 Å². The lowest BCUT2D eigenvalue weighted by Crippen LogP contribution is -2.10. The van der Waals surface area contributed by atoms with E-state index in [0.717, 1.165) is 5.56 Å². The Bertz CT molecular complexity index is 612. The van der Waals surface area contributed by atoms with Gasteiger partial charge in [-0.1, -0.05) is 6.07 Å². The molecule has 2 aromatic heterocycles. The molecule has 0 fully saturated rings. The second-order valence-electron chi connectivity index (χ2n) is 4.22. The summed E-state index contributed by atoms with van der Waals surface area (Å²) in [6.45, 7) is 1.98. The zero-order chi connectivity index (χ0) is 14.7. The van der Waals surface area contributed by atoms with Gasteiger partial charge in [0.05, 0.1) is 13.2 Å². The maximum atomic E-state index is 11.3. The van der Waals surface area contributed by atoms with Gasteiger partial charge in [-0.25, -0.2) is 0 Å². The third kappa shape index (κ3) is 2.67. The molecule has 1 atom stereocenters. The van der Waals surface area contributed by atoms with E-state index in [1.807, 2.05) is 19.1 Å². The van der Waals surface area contributed by atoms with Crippen LogP contribution >= 0.6 is 11.3 Å². The molecule has 6 nitrogen and oxygen atoms in total. The molecule has 20 heavy (non-hydrogen) atoms. The first-order chi connectivity index (χ1) is 9.54. The minimum Gasteiger partial charge on any atom is -0.492 e. The van der Waals surface area contributed by atoms with Gasteiger partial charge in [0.25, 0.3) is 5.91 Å². The fourth-order valence-corrected chi connectivity index (χ4v) is 2.85. The largest absolute Gasteiger partial charge is 0.492 e. The molecule has 0 aliphatic rings. The maximum absolute atomic E-state index is 11.3. The SMILES string of the molecule is COc1c(NC(C)c2cccnc2)sc(C(N)=O)c1N. The standard InChI is InChI=1S/C13H16N4O2S/c1-7(8-4-3-5-16-6-8)17-13-10(19-2)9(14)11(20-13)12(15)18/h3-7,17H,14H2,1-2H3,(H2,15,18). The van der Waals surface area contributed by atoms with Gasteiger partial charge in [0, 0.05) is 12.4 Å². The monoisotopic (exact) mass is 292 g/mol. The maximum Gasteiger partial charge on any atom is 0.261 e. The Labute approximate surface area is 120 Å². The molecule has 2 aromatic rings. The summed E-state index contributed by atoms with van der Waals surface area (Å²) in [6.07, 6.45) is 3.49. The molecule has 2 heterocycles. The van der Waals surface area contributed by atoms with Crippen LogP contribution in [0.3, 0.4) is 0 Å². The van der Waals surface area contributed by atoms with Crippen LogP contribution in [0.1, 0.15) is 28.2 Å². The number of hydrogen-bond donors (Lipinski definition) is 3. The number of thiophene rings is 1. The fourth-order valence-electron chi connectivity index (χ4n) is 1.82. The van der Waals surface area contributed by atoms with Crippen molar-refractivity contribution < 1.29 is 9.53 Å². The lowest BCUT2D eigenvalue weighted by Gasteiger charge is -2.14. The van der Waals surface area contributed by atoms with E-state index < -0.39 is 5.91 Å². The Hall–Kier alpha value is -2.28. The molecule has 0 saturated heterocycles. The number of methoxy groups -OCH3 is 1. The molecule has 0 spiro atoms. The van der Waals surface area contributed by atoms with Crippen LogP contribution in [0.25, 0.3) is 0 Å². The Balaban J connectivity index is 2.29. The second kappa shape index (κ2) is 5.79. The van der Waals surface area contributed by atoms with Gasteiger partial charge in [0.15, 0.2) is 5.75 Å². The van der Waals surface area contributed by atoms with Gasteiger partial charge < -0.3 is 21.5 Å². The Morgan fingerprint density at radius 1 is 1.55 bits per heavy atom. The predicted molar refractivity (Wildman–Crippen MR) is 80.1 cm³/mol.